The van der Waals surface area contributed by atoms with Gasteiger partial charge in [0.25, 0.3) is 0 Å². The molecule has 90 valence electrons. The molecule has 1 rings (SSSR count). The molecule has 0 aromatic carbocycles. The number of carbonyl (C=O) groups excluding carboxylic acids is 1. The van der Waals surface area contributed by atoms with Crippen molar-refractivity contribution in [1.29, 1.82) is 5.26 Å². The highest BCUT2D eigenvalue weighted by atomic mass is 32.2. The molecule has 0 aromatic rings. The number of ether oxygens (including phenoxy) is 1. The molecule has 0 bridgehead atoms. The highest BCUT2D eigenvalue weighted by Crippen LogP contribution is 2.22. The molecule has 0 amide bonds. The van der Waals surface area contributed by atoms with E-state index in [4.69, 9.17) is 5.26 Å². The summed E-state index contributed by atoms with van der Waals surface area (Å²) in [6, 6.07) is 1.69. The summed E-state index contributed by atoms with van der Waals surface area (Å²) in [7, 11) is -2.32. The Bertz CT molecular complexity index is 412. The van der Waals surface area contributed by atoms with Crippen molar-refractivity contribution >= 4 is 16.0 Å². The fraction of sp³-hybridized carbons (Fsp3) is 0.778. The average molecular weight is 246 g/mol. The van der Waals surface area contributed by atoms with Crippen LogP contribution in [-0.4, -0.2) is 44.1 Å². The summed E-state index contributed by atoms with van der Waals surface area (Å²) in [5.41, 5.74) is 0. The zero-order chi connectivity index (χ0) is 12.3. The van der Waals surface area contributed by atoms with Crippen LogP contribution in [0.25, 0.3) is 0 Å². The Hall–Kier alpha value is -1.13. The molecular weight excluding hydrogens is 232 g/mol. The van der Waals surface area contributed by atoms with Gasteiger partial charge in [0.2, 0.25) is 10.0 Å². The lowest BCUT2D eigenvalue weighted by Gasteiger charge is -2.17. The van der Waals surface area contributed by atoms with Crippen LogP contribution in [0.15, 0.2) is 0 Å². The van der Waals surface area contributed by atoms with Crippen molar-refractivity contribution in [1.82, 2.24) is 4.31 Å². The van der Waals surface area contributed by atoms with Crippen LogP contribution in [0, 0.1) is 17.2 Å². The maximum Gasteiger partial charge on any atom is 0.310 e. The Balaban J connectivity index is 2.74. The molecule has 7 heteroatoms. The van der Waals surface area contributed by atoms with Gasteiger partial charge in [0.05, 0.1) is 19.1 Å². The van der Waals surface area contributed by atoms with Gasteiger partial charge in [0.1, 0.15) is 0 Å². The summed E-state index contributed by atoms with van der Waals surface area (Å²) >= 11 is 0. The molecule has 1 aliphatic rings. The molecule has 1 saturated heterocycles. The summed E-state index contributed by atoms with van der Waals surface area (Å²) in [5, 5.41) is 7.52. The normalized spacial score (nSPS) is 23.7. The largest absolute Gasteiger partial charge is 0.469 e. The van der Waals surface area contributed by atoms with Crippen LogP contribution in [0.2, 0.25) is 0 Å². The third-order valence-corrected chi connectivity index (χ3v) is 4.72. The second kappa shape index (κ2) is 4.80. The summed E-state index contributed by atoms with van der Waals surface area (Å²) < 4.78 is 29.3. The minimum Gasteiger partial charge on any atom is -0.469 e. The molecule has 0 saturated carbocycles. The van der Waals surface area contributed by atoms with Crippen LogP contribution >= 0.6 is 0 Å². The molecule has 1 fully saturated rings. The van der Waals surface area contributed by atoms with Gasteiger partial charge in [-0.3, -0.25) is 4.79 Å². The summed E-state index contributed by atoms with van der Waals surface area (Å²) in [5.74, 6) is -0.812. The molecular formula is C9H14N2O4S. The van der Waals surface area contributed by atoms with E-state index in [0.29, 0.717) is 6.42 Å². The highest BCUT2D eigenvalue weighted by molar-refractivity contribution is 7.89. The van der Waals surface area contributed by atoms with Crippen molar-refractivity contribution in [3.05, 3.63) is 0 Å². The molecule has 2 unspecified atom stereocenters. The first-order valence-electron chi connectivity index (χ1n) is 4.90. The Kier molecular flexibility index (Phi) is 3.88. The summed E-state index contributed by atoms with van der Waals surface area (Å²) in [4.78, 5) is 11.2. The zero-order valence-corrected chi connectivity index (χ0v) is 10.0. The van der Waals surface area contributed by atoms with Crippen LogP contribution in [0.4, 0.5) is 0 Å². The first kappa shape index (κ1) is 12.9. The minimum atomic E-state index is -3.60. The van der Waals surface area contributed by atoms with E-state index in [1.54, 1.807) is 6.07 Å². The standard InChI is InChI=1S/C9H14N2O4S/c1-7(5-10)16(13,14)11-4-3-8(6-11)9(12)15-2/h7-8H,3-4,6H2,1-2H3. The first-order chi connectivity index (χ1) is 7.43. The Morgan fingerprint density at radius 2 is 2.25 bits per heavy atom. The lowest BCUT2D eigenvalue weighted by molar-refractivity contribution is -0.144. The van der Waals surface area contributed by atoms with Gasteiger partial charge in [-0.15, -0.1) is 0 Å². The quantitative estimate of drug-likeness (QED) is 0.639. The van der Waals surface area contributed by atoms with E-state index in [9.17, 15) is 13.2 Å². The molecule has 0 aliphatic carbocycles. The first-order valence-corrected chi connectivity index (χ1v) is 6.40. The average Bonchev–Trinajstić information content (AvgIpc) is 2.76. The number of hydrogen-bond donors (Lipinski definition) is 0. The van der Waals surface area contributed by atoms with Crippen LogP contribution in [0.1, 0.15) is 13.3 Å². The van der Waals surface area contributed by atoms with E-state index in [0.717, 1.165) is 0 Å². The number of nitrogens with zero attached hydrogens (tertiary/aromatic N) is 2. The minimum absolute atomic E-state index is 0.112. The predicted molar refractivity (Wildman–Crippen MR) is 55.7 cm³/mol. The van der Waals surface area contributed by atoms with Crippen LogP contribution in [0.5, 0.6) is 0 Å². The lowest BCUT2D eigenvalue weighted by Crippen LogP contribution is -2.36. The number of hydrogen-bond acceptors (Lipinski definition) is 5. The van der Waals surface area contributed by atoms with E-state index in [-0.39, 0.29) is 13.1 Å². The number of methoxy groups -OCH3 is 1. The third kappa shape index (κ3) is 2.33. The van der Waals surface area contributed by atoms with Gasteiger partial charge in [-0.1, -0.05) is 0 Å². The highest BCUT2D eigenvalue weighted by Gasteiger charge is 2.38. The van der Waals surface area contributed by atoms with E-state index >= 15 is 0 Å². The predicted octanol–water partition coefficient (Wildman–Crippen LogP) is -0.277. The molecule has 0 radical (unpaired) electrons. The van der Waals surface area contributed by atoms with Crippen molar-refractivity contribution in [3.63, 3.8) is 0 Å². The van der Waals surface area contributed by atoms with Gasteiger partial charge in [-0.2, -0.15) is 9.57 Å². The van der Waals surface area contributed by atoms with Crippen molar-refractivity contribution in [2.75, 3.05) is 20.2 Å². The number of nitriles is 1. The van der Waals surface area contributed by atoms with Gasteiger partial charge >= 0.3 is 5.97 Å². The smallest absolute Gasteiger partial charge is 0.310 e. The summed E-state index contributed by atoms with van der Waals surface area (Å²) in [6.07, 6.45) is 0.448. The second-order valence-electron chi connectivity index (χ2n) is 3.68. The van der Waals surface area contributed by atoms with Crippen LogP contribution < -0.4 is 0 Å². The van der Waals surface area contributed by atoms with Crippen LogP contribution in [-0.2, 0) is 19.6 Å². The fourth-order valence-electron chi connectivity index (χ4n) is 1.61. The topological polar surface area (TPSA) is 87.5 Å². The van der Waals surface area contributed by atoms with Crippen LogP contribution in [0.3, 0.4) is 0 Å². The van der Waals surface area contributed by atoms with Crippen molar-refractivity contribution in [3.8, 4) is 6.07 Å². The maximum absolute atomic E-state index is 11.8. The van der Waals surface area contributed by atoms with Crippen molar-refractivity contribution < 1.29 is 17.9 Å². The molecule has 0 spiro atoms. The lowest BCUT2D eigenvalue weighted by atomic mass is 10.1. The van der Waals surface area contributed by atoms with E-state index in [1.807, 2.05) is 0 Å². The molecule has 1 heterocycles. The Morgan fingerprint density at radius 3 is 2.75 bits per heavy atom. The molecule has 0 N–H and O–H groups in total. The van der Waals surface area contributed by atoms with Gasteiger partial charge in [0.15, 0.2) is 5.25 Å². The molecule has 1 aliphatic heterocycles. The van der Waals surface area contributed by atoms with Gasteiger partial charge in [-0.05, 0) is 13.3 Å². The van der Waals surface area contributed by atoms with Gasteiger partial charge < -0.3 is 4.74 Å². The molecule has 16 heavy (non-hydrogen) atoms. The second-order valence-corrected chi connectivity index (χ2v) is 5.94. The number of esters is 1. The molecule has 2 atom stereocenters. The number of carbonyl (C=O) groups is 1. The van der Waals surface area contributed by atoms with Gasteiger partial charge in [0, 0.05) is 13.1 Å². The fourth-order valence-corrected chi connectivity index (χ4v) is 2.94. The molecule has 0 aromatic heterocycles. The third-order valence-electron chi connectivity index (χ3n) is 2.67. The zero-order valence-electron chi connectivity index (χ0n) is 9.21. The summed E-state index contributed by atoms with van der Waals surface area (Å²) in [6.45, 7) is 1.72. The van der Waals surface area contributed by atoms with Crippen molar-refractivity contribution in [2.45, 2.75) is 18.6 Å². The SMILES string of the molecule is COC(=O)C1CCN(S(=O)(=O)C(C)C#N)C1. The maximum atomic E-state index is 11.8. The van der Waals surface area contributed by atoms with E-state index in [2.05, 4.69) is 4.74 Å². The Morgan fingerprint density at radius 1 is 1.62 bits per heavy atom. The monoisotopic (exact) mass is 246 g/mol. The van der Waals surface area contributed by atoms with Gasteiger partial charge in [-0.25, -0.2) is 8.42 Å². The van der Waals surface area contributed by atoms with Crippen molar-refractivity contribution in [2.24, 2.45) is 5.92 Å². The molecule has 6 nitrogen and oxygen atoms in total. The Labute approximate surface area is 94.8 Å². The number of sulfonamides is 1. The van der Waals surface area contributed by atoms with E-state index < -0.39 is 27.2 Å². The van der Waals surface area contributed by atoms with E-state index in [1.165, 1.54) is 18.3 Å². The number of rotatable bonds is 3.